The lowest BCUT2D eigenvalue weighted by atomic mass is 9.98. The Morgan fingerprint density at radius 1 is 0.821 bits per heavy atom. The van der Waals surface area contributed by atoms with Crippen LogP contribution in [0.25, 0.3) is 0 Å². The Labute approximate surface area is 173 Å². The van der Waals surface area contributed by atoms with Gasteiger partial charge in [0.2, 0.25) is 0 Å². The highest BCUT2D eigenvalue weighted by Gasteiger charge is 2.17. The van der Waals surface area contributed by atoms with Crippen LogP contribution in [-0.4, -0.2) is 19.7 Å². The SMILES string of the molecule is CCCCCCCCOC(=O)c1ccc(CCCCCCCC)c(C)c1OC. The van der Waals surface area contributed by atoms with Gasteiger partial charge >= 0.3 is 5.97 Å². The second kappa shape index (κ2) is 15.4. The normalized spacial score (nSPS) is 10.9. The lowest BCUT2D eigenvalue weighted by Gasteiger charge is -2.15. The van der Waals surface area contributed by atoms with Crippen molar-refractivity contribution in [3.8, 4) is 5.75 Å². The van der Waals surface area contributed by atoms with Crippen molar-refractivity contribution in [2.75, 3.05) is 13.7 Å². The summed E-state index contributed by atoms with van der Waals surface area (Å²) in [5, 5.41) is 0. The molecule has 1 aromatic rings. The number of aryl methyl sites for hydroxylation is 1. The van der Waals surface area contributed by atoms with E-state index in [0.29, 0.717) is 17.9 Å². The van der Waals surface area contributed by atoms with Crippen LogP contribution in [0.3, 0.4) is 0 Å². The molecule has 0 radical (unpaired) electrons. The van der Waals surface area contributed by atoms with Crippen molar-refractivity contribution in [1.29, 1.82) is 0 Å². The molecule has 28 heavy (non-hydrogen) atoms. The summed E-state index contributed by atoms with van der Waals surface area (Å²) in [5.74, 6) is 0.413. The summed E-state index contributed by atoms with van der Waals surface area (Å²) in [4.78, 5) is 12.5. The number of hydrogen-bond donors (Lipinski definition) is 0. The van der Waals surface area contributed by atoms with Crippen LogP contribution in [0.15, 0.2) is 12.1 Å². The fourth-order valence-electron chi connectivity index (χ4n) is 3.65. The van der Waals surface area contributed by atoms with E-state index in [9.17, 15) is 4.79 Å². The first-order chi connectivity index (χ1) is 13.7. The van der Waals surface area contributed by atoms with E-state index in [4.69, 9.17) is 9.47 Å². The molecular weight excluding hydrogens is 348 g/mol. The van der Waals surface area contributed by atoms with Crippen LogP contribution in [0.4, 0.5) is 0 Å². The second-order valence-electron chi connectivity index (χ2n) is 7.85. The molecule has 0 unspecified atom stereocenters. The minimum Gasteiger partial charge on any atom is -0.496 e. The molecule has 0 saturated heterocycles. The molecule has 1 rings (SSSR count). The standard InChI is InChI=1S/C25H42O3/c1-5-7-9-11-13-15-17-22-18-19-23(24(27-4)21(22)3)25(26)28-20-16-14-12-10-8-6-2/h18-19H,5-17,20H2,1-4H3. The van der Waals surface area contributed by atoms with Gasteiger partial charge in [0, 0.05) is 0 Å². The third-order valence-electron chi connectivity index (χ3n) is 5.47. The zero-order valence-corrected chi connectivity index (χ0v) is 18.8. The molecular formula is C25H42O3. The fourth-order valence-corrected chi connectivity index (χ4v) is 3.65. The third kappa shape index (κ3) is 9.12. The van der Waals surface area contributed by atoms with E-state index in [2.05, 4.69) is 26.8 Å². The Bertz CT molecular complexity index is 551. The molecule has 3 nitrogen and oxygen atoms in total. The predicted molar refractivity (Wildman–Crippen MR) is 118 cm³/mol. The molecule has 0 aliphatic heterocycles. The van der Waals surface area contributed by atoms with Crippen LogP contribution in [0.1, 0.15) is 112 Å². The van der Waals surface area contributed by atoms with Gasteiger partial charge in [-0.2, -0.15) is 0 Å². The summed E-state index contributed by atoms with van der Waals surface area (Å²) in [7, 11) is 1.64. The largest absolute Gasteiger partial charge is 0.496 e. The number of benzene rings is 1. The lowest BCUT2D eigenvalue weighted by molar-refractivity contribution is 0.0494. The molecule has 0 saturated carbocycles. The first-order valence-electron chi connectivity index (χ1n) is 11.5. The molecule has 160 valence electrons. The molecule has 3 heteroatoms. The Hall–Kier alpha value is -1.51. The van der Waals surface area contributed by atoms with Crippen molar-refractivity contribution < 1.29 is 14.3 Å². The number of carbonyl (C=O) groups is 1. The van der Waals surface area contributed by atoms with Gasteiger partial charge in [-0.15, -0.1) is 0 Å². The molecule has 0 heterocycles. The molecule has 1 aromatic carbocycles. The van der Waals surface area contributed by atoms with Crippen LogP contribution >= 0.6 is 0 Å². The monoisotopic (exact) mass is 390 g/mol. The van der Waals surface area contributed by atoms with Crippen molar-refractivity contribution in [1.82, 2.24) is 0 Å². The Balaban J connectivity index is 2.49. The van der Waals surface area contributed by atoms with Crippen LogP contribution in [0.5, 0.6) is 5.75 Å². The summed E-state index contributed by atoms with van der Waals surface area (Å²) in [6.45, 7) is 7.01. The summed E-state index contributed by atoms with van der Waals surface area (Å²) in [5.41, 5.74) is 2.91. The summed E-state index contributed by atoms with van der Waals surface area (Å²) in [6, 6.07) is 3.95. The van der Waals surface area contributed by atoms with E-state index < -0.39 is 0 Å². The quantitative estimate of drug-likeness (QED) is 0.217. The maximum atomic E-state index is 12.5. The maximum Gasteiger partial charge on any atom is 0.341 e. The van der Waals surface area contributed by atoms with Gasteiger partial charge in [0.05, 0.1) is 13.7 Å². The number of esters is 1. The fraction of sp³-hybridized carbons (Fsp3) is 0.720. The van der Waals surface area contributed by atoms with Gasteiger partial charge in [-0.05, 0) is 43.4 Å². The molecule has 0 N–H and O–H groups in total. The highest BCUT2D eigenvalue weighted by Crippen LogP contribution is 2.28. The molecule has 0 amide bonds. The van der Waals surface area contributed by atoms with E-state index in [0.717, 1.165) is 24.8 Å². The van der Waals surface area contributed by atoms with Crippen LogP contribution in [0, 0.1) is 6.92 Å². The molecule has 0 aromatic heterocycles. The predicted octanol–water partition coefficient (Wildman–Crippen LogP) is 7.42. The average molecular weight is 391 g/mol. The summed E-state index contributed by atoms with van der Waals surface area (Å²) >= 11 is 0. The number of methoxy groups -OCH3 is 1. The third-order valence-corrected chi connectivity index (χ3v) is 5.47. The number of unbranched alkanes of at least 4 members (excludes halogenated alkanes) is 10. The zero-order valence-electron chi connectivity index (χ0n) is 18.8. The summed E-state index contributed by atoms with van der Waals surface area (Å²) in [6.07, 6.45) is 15.9. The van der Waals surface area contributed by atoms with Gasteiger partial charge in [0.1, 0.15) is 11.3 Å². The molecule has 0 atom stereocenters. The minimum atomic E-state index is -0.264. The highest BCUT2D eigenvalue weighted by molar-refractivity contribution is 5.93. The number of carbonyl (C=O) groups excluding carboxylic acids is 1. The first-order valence-corrected chi connectivity index (χ1v) is 11.5. The molecule has 0 spiro atoms. The van der Waals surface area contributed by atoms with Gasteiger partial charge in [0.15, 0.2) is 0 Å². The number of rotatable bonds is 16. The van der Waals surface area contributed by atoms with Gasteiger partial charge < -0.3 is 9.47 Å². The van der Waals surface area contributed by atoms with E-state index in [1.54, 1.807) is 7.11 Å². The Kier molecular flexibility index (Phi) is 13.5. The van der Waals surface area contributed by atoms with Gasteiger partial charge in [-0.1, -0.05) is 84.1 Å². The van der Waals surface area contributed by atoms with E-state index in [1.165, 1.54) is 69.8 Å². The lowest BCUT2D eigenvalue weighted by Crippen LogP contribution is -2.10. The van der Waals surface area contributed by atoms with E-state index in [-0.39, 0.29) is 5.97 Å². The maximum absolute atomic E-state index is 12.5. The first kappa shape index (κ1) is 24.5. The Morgan fingerprint density at radius 2 is 1.39 bits per heavy atom. The van der Waals surface area contributed by atoms with Crippen molar-refractivity contribution in [3.63, 3.8) is 0 Å². The zero-order chi connectivity index (χ0) is 20.6. The number of ether oxygens (including phenoxy) is 2. The van der Waals surface area contributed by atoms with Crippen LogP contribution in [-0.2, 0) is 11.2 Å². The van der Waals surface area contributed by atoms with Crippen LogP contribution in [0.2, 0.25) is 0 Å². The number of hydrogen-bond acceptors (Lipinski definition) is 3. The van der Waals surface area contributed by atoms with Crippen molar-refractivity contribution in [2.45, 2.75) is 104 Å². The van der Waals surface area contributed by atoms with Gasteiger partial charge in [-0.3, -0.25) is 0 Å². The highest BCUT2D eigenvalue weighted by atomic mass is 16.5. The van der Waals surface area contributed by atoms with Crippen molar-refractivity contribution >= 4 is 5.97 Å². The molecule has 0 aliphatic rings. The average Bonchev–Trinajstić information content (AvgIpc) is 2.70. The topological polar surface area (TPSA) is 35.5 Å². The van der Waals surface area contributed by atoms with E-state index in [1.807, 2.05) is 6.07 Å². The van der Waals surface area contributed by atoms with Crippen molar-refractivity contribution in [2.24, 2.45) is 0 Å². The van der Waals surface area contributed by atoms with E-state index >= 15 is 0 Å². The van der Waals surface area contributed by atoms with Crippen LogP contribution < -0.4 is 4.74 Å². The van der Waals surface area contributed by atoms with Gasteiger partial charge in [0.25, 0.3) is 0 Å². The Morgan fingerprint density at radius 3 is 2.00 bits per heavy atom. The van der Waals surface area contributed by atoms with Gasteiger partial charge in [-0.25, -0.2) is 4.79 Å². The minimum absolute atomic E-state index is 0.264. The van der Waals surface area contributed by atoms with Crippen molar-refractivity contribution in [3.05, 3.63) is 28.8 Å². The molecule has 0 fully saturated rings. The second-order valence-corrected chi connectivity index (χ2v) is 7.85. The molecule has 0 bridgehead atoms. The smallest absolute Gasteiger partial charge is 0.341 e. The molecule has 0 aliphatic carbocycles. The summed E-state index contributed by atoms with van der Waals surface area (Å²) < 4.78 is 11.1.